The summed E-state index contributed by atoms with van der Waals surface area (Å²) in [4.78, 5) is 23.0. The highest BCUT2D eigenvalue weighted by molar-refractivity contribution is 5.61. The zero-order chi connectivity index (χ0) is 15.1. The Hall–Kier alpha value is -1.93. The van der Waals surface area contributed by atoms with Gasteiger partial charge in [0.05, 0.1) is 5.69 Å². The fourth-order valence-electron chi connectivity index (χ4n) is 1.55. The third-order valence-electron chi connectivity index (χ3n) is 2.54. The Kier molecular flexibility index (Phi) is 3.69. The number of hydrogen-bond donors (Lipinski definition) is 0. The number of allylic oxidation sites excluding steroid dienone is 1. The number of aromatic nitrogens is 2. The first kappa shape index (κ1) is 15.1. The minimum absolute atomic E-state index is 0.442. The first-order chi connectivity index (χ1) is 8.50. The second kappa shape index (κ2) is 4.63. The van der Waals surface area contributed by atoms with Crippen molar-refractivity contribution in [1.82, 2.24) is 9.13 Å². The van der Waals surface area contributed by atoms with Crippen LogP contribution in [0, 0.1) is 6.92 Å². The van der Waals surface area contributed by atoms with Gasteiger partial charge in [0.2, 0.25) is 5.83 Å². The maximum absolute atomic E-state index is 13.5. The molecular formula is C10H9F5N2O2. The highest BCUT2D eigenvalue weighted by Crippen LogP contribution is 2.34. The normalized spacial score (nSPS) is 13.5. The van der Waals surface area contributed by atoms with E-state index in [0.29, 0.717) is 9.13 Å². The van der Waals surface area contributed by atoms with E-state index < -0.39 is 40.3 Å². The highest BCUT2D eigenvalue weighted by Gasteiger charge is 2.39. The minimum atomic E-state index is -5.53. The first-order valence-corrected chi connectivity index (χ1v) is 4.89. The number of alkyl halides is 3. The molecule has 1 rings (SSSR count). The van der Waals surface area contributed by atoms with Crippen molar-refractivity contribution in [3.63, 3.8) is 0 Å². The lowest BCUT2D eigenvalue weighted by atomic mass is 10.2. The van der Waals surface area contributed by atoms with Crippen LogP contribution < -0.4 is 11.2 Å². The van der Waals surface area contributed by atoms with Gasteiger partial charge < -0.3 is 0 Å². The van der Waals surface area contributed by atoms with E-state index in [2.05, 4.69) is 0 Å². The smallest absolute Gasteiger partial charge is 0.294 e. The maximum Gasteiger partial charge on any atom is 0.446 e. The molecule has 1 aromatic rings. The van der Waals surface area contributed by atoms with Crippen molar-refractivity contribution >= 4 is 5.83 Å². The predicted octanol–water partition coefficient (Wildman–Crippen LogP) is 1.56. The Labute approximate surface area is 103 Å². The van der Waals surface area contributed by atoms with Crippen LogP contribution in [0.1, 0.15) is 11.3 Å². The van der Waals surface area contributed by atoms with E-state index in [-0.39, 0.29) is 0 Å². The summed E-state index contributed by atoms with van der Waals surface area (Å²) >= 11 is 0. The van der Waals surface area contributed by atoms with Gasteiger partial charge in [-0.3, -0.25) is 13.9 Å². The van der Waals surface area contributed by atoms with Crippen LogP contribution in [0.15, 0.2) is 15.4 Å². The van der Waals surface area contributed by atoms with E-state index in [9.17, 15) is 31.5 Å². The summed E-state index contributed by atoms with van der Waals surface area (Å²) < 4.78 is 63.7. The lowest BCUT2D eigenvalue weighted by Gasteiger charge is -2.12. The van der Waals surface area contributed by atoms with Crippen molar-refractivity contribution < 1.29 is 22.0 Å². The fraction of sp³-hybridized carbons (Fsp3) is 0.400. The van der Waals surface area contributed by atoms with Crippen LogP contribution in [-0.2, 0) is 14.1 Å². The molecule has 0 spiro atoms. The van der Waals surface area contributed by atoms with E-state index in [4.69, 9.17) is 0 Å². The fourth-order valence-corrected chi connectivity index (χ4v) is 1.55. The first-order valence-electron chi connectivity index (χ1n) is 4.89. The quantitative estimate of drug-likeness (QED) is 0.735. The lowest BCUT2D eigenvalue weighted by Crippen LogP contribution is -2.40. The van der Waals surface area contributed by atoms with Crippen LogP contribution >= 0.6 is 0 Å². The zero-order valence-electron chi connectivity index (χ0n) is 10.1. The molecular weight excluding hydrogens is 275 g/mol. The Morgan fingerprint density at radius 1 is 1.05 bits per heavy atom. The molecule has 0 aliphatic carbocycles. The van der Waals surface area contributed by atoms with Crippen molar-refractivity contribution in [2.45, 2.75) is 13.1 Å². The average molecular weight is 284 g/mol. The standard InChI is InChI=1S/C10H9F5N2O2/c1-4-6(5(11)7(12)10(13,14)15)16(2)9(19)17(3)8(4)18/h1-3H3/b7-5+. The second-order valence-corrected chi connectivity index (χ2v) is 3.81. The van der Waals surface area contributed by atoms with Gasteiger partial charge in [0.25, 0.3) is 5.56 Å². The molecule has 0 saturated carbocycles. The molecule has 0 aromatic carbocycles. The van der Waals surface area contributed by atoms with Crippen molar-refractivity contribution in [3.05, 3.63) is 37.9 Å². The van der Waals surface area contributed by atoms with E-state index in [1.54, 1.807) is 0 Å². The van der Waals surface area contributed by atoms with Crippen LogP contribution in [0.3, 0.4) is 0 Å². The summed E-state index contributed by atoms with van der Waals surface area (Å²) in [7, 11) is 2.01. The summed E-state index contributed by atoms with van der Waals surface area (Å²) in [6.45, 7) is 1.00. The van der Waals surface area contributed by atoms with E-state index in [1.807, 2.05) is 0 Å². The van der Waals surface area contributed by atoms with Gasteiger partial charge in [0, 0.05) is 19.7 Å². The Morgan fingerprint density at radius 3 is 1.95 bits per heavy atom. The predicted molar refractivity (Wildman–Crippen MR) is 56.9 cm³/mol. The number of halogens is 5. The van der Waals surface area contributed by atoms with Crippen molar-refractivity contribution in [1.29, 1.82) is 0 Å². The van der Waals surface area contributed by atoms with E-state index in [1.165, 1.54) is 0 Å². The average Bonchev–Trinajstić information content (AvgIpc) is 2.31. The summed E-state index contributed by atoms with van der Waals surface area (Å²) in [6, 6.07) is 0. The summed E-state index contributed by atoms with van der Waals surface area (Å²) in [5.41, 5.74) is -3.58. The van der Waals surface area contributed by atoms with Gasteiger partial charge in [-0.25, -0.2) is 9.18 Å². The van der Waals surface area contributed by atoms with Gasteiger partial charge >= 0.3 is 11.9 Å². The van der Waals surface area contributed by atoms with E-state index >= 15 is 0 Å². The Morgan fingerprint density at radius 2 is 1.53 bits per heavy atom. The van der Waals surface area contributed by atoms with Gasteiger partial charge in [-0.05, 0) is 6.92 Å². The molecule has 1 aromatic heterocycles. The van der Waals surface area contributed by atoms with Crippen molar-refractivity contribution in [2.24, 2.45) is 14.1 Å². The molecule has 0 fully saturated rings. The van der Waals surface area contributed by atoms with Crippen LogP contribution in [0.5, 0.6) is 0 Å². The largest absolute Gasteiger partial charge is 0.446 e. The van der Waals surface area contributed by atoms with Gasteiger partial charge in [-0.1, -0.05) is 0 Å². The molecule has 0 amide bonds. The molecule has 9 heteroatoms. The maximum atomic E-state index is 13.5. The van der Waals surface area contributed by atoms with Gasteiger partial charge in [0.1, 0.15) is 0 Å². The van der Waals surface area contributed by atoms with Gasteiger partial charge in [0.15, 0.2) is 5.83 Å². The molecule has 0 saturated heterocycles. The summed E-state index contributed by atoms with van der Waals surface area (Å²) in [5, 5.41) is 0. The number of nitrogens with zero attached hydrogens (tertiary/aromatic N) is 2. The summed E-state index contributed by atoms with van der Waals surface area (Å²) in [5.74, 6) is -5.28. The molecule has 0 N–H and O–H groups in total. The third-order valence-corrected chi connectivity index (χ3v) is 2.54. The monoisotopic (exact) mass is 284 g/mol. The minimum Gasteiger partial charge on any atom is -0.294 e. The lowest BCUT2D eigenvalue weighted by molar-refractivity contribution is -0.108. The Balaban J connectivity index is 3.82. The molecule has 0 aliphatic heterocycles. The summed E-state index contributed by atoms with van der Waals surface area (Å²) in [6.07, 6.45) is -5.53. The molecule has 0 atom stereocenters. The molecule has 4 nitrogen and oxygen atoms in total. The third kappa shape index (κ3) is 2.45. The van der Waals surface area contributed by atoms with Crippen molar-refractivity contribution in [3.8, 4) is 0 Å². The second-order valence-electron chi connectivity index (χ2n) is 3.81. The van der Waals surface area contributed by atoms with Crippen LogP contribution in [0.4, 0.5) is 22.0 Å². The highest BCUT2D eigenvalue weighted by atomic mass is 19.4. The van der Waals surface area contributed by atoms with Crippen LogP contribution in [0.2, 0.25) is 0 Å². The van der Waals surface area contributed by atoms with Crippen molar-refractivity contribution in [2.75, 3.05) is 0 Å². The van der Waals surface area contributed by atoms with E-state index in [0.717, 1.165) is 21.0 Å². The molecule has 0 unspecified atom stereocenters. The van der Waals surface area contributed by atoms with Gasteiger partial charge in [-0.2, -0.15) is 17.6 Å². The number of rotatable bonds is 1. The molecule has 1 heterocycles. The molecule has 0 radical (unpaired) electrons. The van der Waals surface area contributed by atoms with Crippen LogP contribution in [-0.4, -0.2) is 15.3 Å². The SMILES string of the molecule is Cc1c(/C(F)=C(\F)C(F)(F)F)n(C)c(=O)n(C)c1=O. The Bertz CT molecular complexity index is 629. The zero-order valence-corrected chi connectivity index (χ0v) is 10.1. The number of hydrogen-bond acceptors (Lipinski definition) is 2. The molecule has 19 heavy (non-hydrogen) atoms. The molecule has 106 valence electrons. The molecule has 0 bridgehead atoms. The molecule has 0 aliphatic rings. The van der Waals surface area contributed by atoms with Gasteiger partial charge in [-0.15, -0.1) is 0 Å². The van der Waals surface area contributed by atoms with Crippen LogP contribution in [0.25, 0.3) is 5.83 Å². The topological polar surface area (TPSA) is 44.0 Å².